The molecule has 1 saturated heterocycles. The van der Waals surface area contributed by atoms with Gasteiger partial charge in [-0.15, -0.1) is 0 Å². The van der Waals surface area contributed by atoms with E-state index in [1.54, 1.807) is 0 Å². The maximum Gasteiger partial charge on any atom is 0.223 e. The third-order valence-corrected chi connectivity index (χ3v) is 4.31. The van der Waals surface area contributed by atoms with Gasteiger partial charge in [0.2, 0.25) is 5.91 Å². The molecule has 0 radical (unpaired) electrons. The van der Waals surface area contributed by atoms with Gasteiger partial charge in [-0.2, -0.15) is 0 Å². The van der Waals surface area contributed by atoms with E-state index in [4.69, 9.17) is 0 Å². The number of piperidine rings is 1. The normalized spacial score (nSPS) is 28.3. The van der Waals surface area contributed by atoms with Crippen molar-refractivity contribution in [3.63, 3.8) is 0 Å². The van der Waals surface area contributed by atoms with Crippen LogP contribution in [0.5, 0.6) is 0 Å². The van der Waals surface area contributed by atoms with E-state index in [0.717, 1.165) is 25.9 Å². The van der Waals surface area contributed by atoms with Gasteiger partial charge < -0.3 is 15.3 Å². The molecule has 4 nitrogen and oxygen atoms in total. The Morgan fingerprint density at radius 2 is 1.95 bits per heavy atom. The van der Waals surface area contributed by atoms with Gasteiger partial charge in [-0.1, -0.05) is 18.6 Å². The predicted octanol–water partition coefficient (Wildman–Crippen LogP) is 1.16. The highest BCUT2D eigenvalue weighted by atomic mass is 16.3. The first-order valence-electron chi connectivity index (χ1n) is 7.57. The van der Waals surface area contributed by atoms with Crippen molar-refractivity contribution in [1.29, 1.82) is 0 Å². The largest absolute Gasteiger partial charge is 0.396 e. The van der Waals surface area contributed by atoms with E-state index in [9.17, 15) is 9.90 Å². The first-order chi connectivity index (χ1) is 9.31. The van der Waals surface area contributed by atoms with Crippen molar-refractivity contribution in [3.05, 3.63) is 12.2 Å². The Balaban J connectivity index is 1.69. The molecule has 19 heavy (non-hydrogen) atoms. The van der Waals surface area contributed by atoms with Crippen molar-refractivity contribution in [1.82, 2.24) is 10.2 Å². The molecule has 1 heterocycles. The number of allylic oxidation sites excluding steroid dienone is 2. The van der Waals surface area contributed by atoms with Crippen LogP contribution < -0.4 is 5.32 Å². The fourth-order valence-corrected chi connectivity index (χ4v) is 3.04. The third-order valence-electron chi connectivity index (χ3n) is 4.31. The number of likely N-dealkylation sites (tertiary alicyclic amines) is 1. The van der Waals surface area contributed by atoms with Crippen LogP contribution in [-0.2, 0) is 4.79 Å². The first-order valence-corrected chi connectivity index (χ1v) is 7.57. The maximum absolute atomic E-state index is 12.1. The van der Waals surface area contributed by atoms with Crippen LogP contribution in [0.2, 0.25) is 0 Å². The van der Waals surface area contributed by atoms with Crippen LogP contribution in [-0.4, -0.2) is 48.7 Å². The van der Waals surface area contributed by atoms with Crippen LogP contribution in [0.15, 0.2) is 12.2 Å². The van der Waals surface area contributed by atoms with E-state index in [1.807, 2.05) is 0 Å². The van der Waals surface area contributed by atoms with Gasteiger partial charge in [0.15, 0.2) is 0 Å². The molecule has 0 bridgehead atoms. The van der Waals surface area contributed by atoms with Gasteiger partial charge in [0.05, 0.1) is 0 Å². The summed E-state index contributed by atoms with van der Waals surface area (Å²) in [4.78, 5) is 14.6. The molecule has 1 fully saturated rings. The van der Waals surface area contributed by atoms with Crippen molar-refractivity contribution >= 4 is 5.91 Å². The number of carbonyl (C=O) groups excluding carboxylic acids is 1. The summed E-state index contributed by atoms with van der Waals surface area (Å²) in [5.41, 5.74) is 0. The molecule has 2 atom stereocenters. The van der Waals surface area contributed by atoms with Crippen molar-refractivity contribution in [2.75, 3.05) is 32.8 Å². The van der Waals surface area contributed by atoms with Gasteiger partial charge in [-0.25, -0.2) is 0 Å². The number of hydrogen-bond donors (Lipinski definition) is 2. The Hall–Kier alpha value is -0.870. The first kappa shape index (κ1) is 14.5. The molecule has 108 valence electrons. The van der Waals surface area contributed by atoms with E-state index in [-0.39, 0.29) is 24.3 Å². The third kappa shape index (κ3) is 4.32. The minimum atomic E-state index is -0.0450. The second kappa shape index (κ2) is 7.65. The number of aliphatic hydroxyl groups excluding tert-OH is 1. The summed E-state index contributed by atoms with van der Waals surface area (Å²) >= 11 is 0. The lowest BCUT2D eigenvalue weighted by Crippen LogP contribution is -2.42. The molecule has 0 aromatic heterocycles. The van der Waals surface area contributed by atoms with Gasteiger partial charge in [0.1, 0.15) is 0 Å². The lowest BCUT2D eigenvalue weighted by molar-refractivity contribution is -0.127. The second-order valence-corrected chi connectivity index (χ2v) is 5.69. The monoisotopic (exact) mass is 266 g/mol. The van der Waals surface area contributed by atoms with Gasteiger partial charge in [-0.3, -0.25) is 4.79 Å². The summed E-state index contributed by atoms with van der Waals surface area (Å²) in [6.07, 6.45) is 9.62. The van der Waals surface area contributed by atoms with Crippen LogP contribution in [0.1, 0.15) is 32.1 Å². The van der Waals surface area contributed by atoms with Crippen LogP contribution in [0, 0.1) is 11.8 Å². The zero-order valence-electron chi connectivity index (χ0n) is 11.7. The molecule has 1 aliphatic heterocycles. The van der Waals surface area contributed by atoms with Crippen LogP contribution >= 0.6 is 0 Å². The summed E-state index contributed by atoms with van der Waals surface area (Å²) in [6, 6.07) is 0. The lowest BCUT2D eigenvalue weighted by Gasteiger charge is -2.28. The molecule has 2 aliphatic rings. The SMILES string of the molecule is O=C(NCCN1CCCCC1)C1CC=CCC1CO. The van der Waals surface area contributed by atoms with Crippen molar-refractivity contribution in [2.45, 2.75) is 32.1 Å². The standard InChI is InChI=1S/C15H26N2O2/c18-12-13-6-2-3-7-14(13)15(19)16-8-11-17-9-4-1-5-10-17/h2-3,13-14,18H,1,4-12H2,(H,16,19). The Bertz CT molecular complexity index is 311. The van der Waals surface area contributed by atoms with Gasteiger partial charge >= 0.3 is 0 Å². The summed E-state index contributed by atoms with van der Waals surface area (Å²) in [5.74, 6) is 0.164. The van der Waals surface area contributed by atoms with Crippen molar-refractivity contribution in [2.24, 2.45) is 11.8 Å². The average molecular weight is 266 g/mol. The average Bonchev–Trinajstić information content (AvgIpc) is 2.48. The van der Waals surface area contributed by atoms with Gasteiger partial charge in [0, 0.05) is 25.6 Å². The van der Waals surface area contributed by atoms with Crippen molar-refractivity contribution in [3.8, 4) is 0 Å². The summed E-state index contributed by atoms with van der Waals surface area (Å²) < 4.78 is 0. The maximum atomic E-state index is 12.1. The molecular weight excluding hydrogens is 240 g/mol. The molecule has 1 amide bonds. The molecule has 0 spiro atoms. The van der Waals surface area contributed by atoms with Crippen LogP contribution in [0.3, 0.4) is 0 Å². The highest BCUT2D eigenvalue weighted by Crippen LogP contribution is 2.25. The Kier molecular flexibility index (Phi) is 5.86. The number of aliphatic hydroxyl groups is 1. The highest BCUT2D eigenvalue weighted by molar-refractivity contribution is 5.79. The predicted molar refractivity (Wildman–Crippen MR) is 75.7 cm³/mol. The second-order valence-electron chi connectivity index (χ2n) is 5.69. The van der Waals surface area contributed by atoms with E-state index >= 15 is 0 Å². The molecule has 0 saturated carbocycles. The fourth-order valence-electron chi connectivity index (χ4n) is 3.04. The summed E-state index contributed by atoms with van der Waals surface area (Å²) in [7, 11) is 0. The molecular formula is C15H26N2O2. The molecule has 2 N–H and O–H groups in total. The van der Waals surface area contributed by atoms with Crippen molar-refractivity contribution < 1.29 is 9.90 Å². The van der Waals surface area contributed by atoms with E-state index in [1.165, 1.54) is 32.4 Å². The van der Waals surface area contributed by atoms with E-state index < -0.39 is 0 Å². The van der Waals surface area contributed by atoms with Gasteiger partial charge in [0.25, 0.3) is 0 Å². The molecule has 0 aromatic carbocycles. The number of nitrogens with one attached hydrogen (secondary N) is 1. The summed E-state index contributed by atoms with van der Waals surface area (Å²) in [5, 5.41) is 12.4. The lowest BCUT2D eigenvalue weighted by atomic mass is 9.83. The number of nitrogens with zero attached hydrogens (tertiary/aromatic N) is 1. The molecule has 4 heteroatoms. The highest BCUT2D eigenvalue weighted by Gasteiger charge is 2.27. The molecule has 1 aliphatic carbocycles. The zero-order chi connectivity index (χ0) is 13.5. The molecule has 2 unspecified atom stereocenters. The zero-order valence-corrected chi connectivity index (χ0v) is 11.7. The number of amides is 1. The van der Waals surface area contributed by atoms with Gasteiger partial charge in [-0.05, 0) is 44.7 Å². The Morgan fingerprint density at radius 3 is 2.68 bits per heavy atom. The smallest absolute Gasteiger partial charge is 0.223 e. The number of hydrogen-bond acceptors (Lipinski definition) is 3. The molecule has 0 aromatic rings. The van der Waals surface area contributed by atoms with E-state index in [0.29, 0.717) is 0 Å². The number of carbonyl (C=O) groups is 1. The van der Waals surface area contributed by atoms with Crippen LogP contribution in [0.4, 0.5) is 0 Å². The minimum Gasteiger partial charge on any atom is -0.396 e. The minimum absolute atomic E-state index is 0.0450. The quantitative estimate of drug-likeness (QED) is 0.734. The Morgan fingerprint density at radius 1 is 1.21 bits per heavy atom. The van der Waals surface area contributed by atoms with Crippen LogP contribution in [0.25, 0.3) is 0 Å². The van der Waals surface area contributed by atoms with E-state index in [2.05, 4.69) is 22.4 Å². The topological polar surface area (TPSA) is 52.6 Å². The molecule has 2 rings (SSSR count). The number of rotatable bonds is 5. The fraction of sp³-hybridized carbons (Fsp3) is 0.800. The summed E-state index contributed by atoms with van der Waals surface area (Å²) in [6.45, 7) is 4.13. The Labute approximate surface area is 115 Å².